The molecule has 0 bridgehead atoms. The average Bonchev–Trinajstić information content (AvgIpc) is 2.16. The van der Waals surface area contributed by atoms with Crippen LogP contribution in [-0.2, 0) is 11.8 Å². The zero-order valence-electron chi connectivity index (χ0n) is 7.80. The molecule has 1 aromatic rings. The van der Waals surface area contributed by atoms with Gasteiger partial charge in [0, 0.05) is 14.0 Å². The third-order valence-electron chi connectivity index (χ3n) is 1.81. The highest BCUT2D eigenvalue weighted by Crippen LogP contribution is 2.17. The Morgan fingerprint density at radius 1 is 1.50 bits per heavy atom. The SMILES string of the molecule is CC(=O)Nc1c(C)nn(C)c1C. The van der Waals surface area contributed by atoms with Gasteiger partial charge in [0.2, 0.25) is 5.91 Å². The molecule has 0 aromatic carbocycles. The second-order valence-electron chi connectivity index (χ2n) is 2.85. The van der Waals surface area contributed by atoms with Crippen LogP contribution in [0.5, 0.6) is 0 Å². The largest absolute Gasteiger partial charge is 0.323 e. The van der Waals surface area contributed by atoms with Crippen molar-refractivity contribution in [1.82, 2.24) is 9.78 Å². The van der Waals surface area contributed by atoms with E-state index in [0.29, 0.717) is 0 Å². The molecule has 4 nitrogen and oxygen atoms in total. The van der Waals surface area contributed by atoms with E-state index in [1.165, 1.54) is 6.92 Å². The highest BCUT2D eigenvalue weighted by Gasteiger charge is 2.09. The van der Waals surface area contributed by atoms with Crippen molar-refractivity contribution in [3.05, 3.63) is 11.4 Å². The monoisotopic (exact) mass is 167 g/mol. The van der Waals surface area contributed by atoms with Crippen LogP contribution in [0.4, 0.5) is 5.69 Å². The van der Waals surface area contributed by atoms with Crippen molar-refractivity contribution >= 4 is 11.6 Å². The minimum atomic E-state index is -0.0609. The van der Waals surface area contributed by atoms with Crippen molar-refractivity contribution in [3.63, 3.8) is 0 Å². The van der Waals surface area contributed by atoms with Gasteiger partial charge in [0.1, 0.15) is 0 Å². The smallest absolute Gasteiger partial charge is 0.221 e. The summed E-state index contributed by atoms with van der Waals surface area (Å²) in [4.78, 5) is 10.8. The standard InChI is InChI=1S/C8H13N3O/c1-5-8(9-7(3)12)6(2)11(4)10-5/h1-4H3,(H,9,12). The van der Waals surface area contributed by atoms with E-state index in [2.05, 4.69) is 10.4 Å². The van der Waals surface area contributed by atoms with E-state index in [0.717, 1.165) is 17.1 Å². The predicted octanol–water partition coefficient (Wildman–Crippen LogP) is 0.995. The lowest BCUT2D eigenvalue weighted by atomic mass is 10.3. The predicted molar refractivity (Wildman–Crippen MR) is 47.0 cm³/mol. The number of carbonyl (C=O) groups excluding carboxylic acids is 1. The number of hydrogen-bond acceptors (Lipinski definition) is 2. The van der Waals surface area contributed by atoms with E-state index in [-0.39, 0.29) is 5.91 Å². The summed E-state index contributed by atoms with van der Waals surface area (Å²) in [5.41, 5.74) is 2.65. The summed E-state index contributed by atoms with van der Waals surface area (Å²) in [5, 5.41) is 6.91. The lowest BCUT2D eigenvalue weighted by molar-refractivity contribution is -0.114. The first-order valence-corrected chi connectivity index (χ1v) is 3.80. The third kappa shape index (κ3) is 1.47. The van der Waals surface area contributed by atoms with E-state index in [1.54, 1.807) is 4.68 Å². The quantitative estimate of drug-likeness (QED) is 0.678. The van der Waals surface area contributed by atoms with Gasteiger partial charge in [0.05, 0.1) is 17.1 Å². The van der Waals surface area contributed by atoms with Gasteiger partial charge in [-0.15, -0.1) is 0 Å². The molecule has 1 aromatic heterocycles. The van der Waals surface area contributed by atoms with Crippen LogP contribution in [0.3, 0.4) is 0 Å². The Morgan fingerprint density at radius 2 is 2.08 bits per heavy atom. The summed E-state index contributed by atoms with van der Waals surface area (Å²) in [7, 11) is 1.85. The molecule has 0 fully saturated rings. The average molecular weight is 167 g/mol. The summed E-state index contributed by atoms with van der Waals surface area (Å²) in [6.45, 7) is 5.29. The molecule has 1 N–H and O–H groups in total. The van der Waals surface area contributed by atoms with Crippen molar-refractivity contribution in [2.45, 2.75) is 20.8 Å². The maximum atomic E-state index is 10.8. The highest BCUT2D eigenvalue weighted by molar-refractivity contribution is 5.89. The van der Waals surface area contributed by atoms with Crippen LogP contribution in [0.15, 0.2) is 0 Å². The summed E-state index contributed by atoms with van der Waals surface area (Å²) in [6, 6.07) is 0. The number of nitrogens with zero attached hydrogens (tertiary/aromatic N) is 2. The van der Waals surface area contributed by atoms with Gasteiger partial charge in [-0.1, -0.05) is 0 Å². The first kappa shape index (κ1) is 8.77. The van der Waals surface area contributed by atoms with Gasteiger partial charge in [0.25, 0.3) is 0 Å². The lowest BCUT2D eigenvalue weighted by Crippen LogP contribution is -2.07. The molecule has 1 heterocycles. The van der Waals surface area contributed by atoms with Gasteiger partial charge in [-0.25, -0.2) is 0 Å². The third-order valence-corrected chi connectivity index (χ3v) is 1.81. The molecule has 0 saturated carbocycles. The number of carbonyl (C=O) groups is 1. The van der Waals surface area contributed by atoms with Crippen LogP contribution in [-0.4, -0.2) is 15.7 Å². The number of hydrogen-bond donors (Lipinski definition) is 1. The van der Waals surface area contributed by atoms with E-state index in [1.807, 2.05) is 20.9 Å². The Bertz CT molecular complexity index is 314. The fourth-order valence-corrected chi connectivity index (χ4v) is 1.13. The molecule has 0 aliphatic carbocycles. The normalized spacial score (nSPS) is 10.0. The zero-order chi connectivity index (χ0) is 9.30. The molecule has 0 unspecified atom stereocenters. The lowest BCUT2D eigenvalue weighted by Gasteiger charge is -2.00. The minimum Gasteiger partial charge on any atom is -0.323 e. The second kappa shape index (κ2) is 2.97. The summed E-state index contributed by atoms with van der Waals surface area (Å²) in [6.07, 6.45) is 0. The number of aryl methyl sites for hydroxylation is 2. The van der Waals surface area contributed by atoms with Gasteiger partial charge in [-0.2, -0.15) is 5.10 Å². The number of anilines is 1. The molecule has 4 heteroatoms. The number of rotatable bonds is 1. The van der Waals surface area contributed by atoms with Crippen molar-refractivity contribution < 1.29 is 4.79 Å². The molecule has 66 valence electrons. The van der Waals surface area contributed by atoms with Crippen molar-refractivity contribution in [2.75, 3.05) is 5.32 Å². The van der Waals surface area contributed by atoms with E-state index in [4.69, 9.17) is 0 Å². The number of amides is 1. The Morgan fingerprint density at radius 3 is 2.42 bits per heavy atom. The fourth-order valence-electron chi connectivity index (χ4n) is 1.13. The molecule has 1 rings (SSSR count). The molecule has 0 radical (unpaired) electrons. The first-order chi connectivity index (χ1) is 5.52. The van der Waals surface area contributed by atoms with Gasteiger partial charge in [0.15, 0.2) is 0 Å². The van der Waals surface area contributed by atoms with Gasteiger partial charge >= 0.3 is 0 Å². The molecule has 12 heavy (non-hydrogen) atoms. The van der Waals surface area contributed by atoms with Crippen LogP contribution in [0.2, 0.25) is 0 Å². The Labute approximate surface area is 71.6 Å². The summed E-state index contributed by atoms with van der Waals surface area (Å²) < 4.78 is 1.75. The summed E-state index contributed by atoms with van der Waals surface area (Å²) >= 11 is 0. The van der Waals surface area contributed by atoms with E-state index < -0.39 is 0 Å². The number of nitrogens with one attached hydrogen (secondary N) is 1. The van der Waals surface area contributed by atoms with Crippen LogP contribution in [0.25, 0.3) is 0 Å². The maximum Gasteiger partial charge on any atom is 0.221 e. The van der Waals surface area contributed by atoms with Crippen LogP contribution < -0.4 is 5.32 Å². The van der Waals surface area contributed by atoms with Crippen molar-refractivity contribution in [2.24, 2.45) is 7.05 Å². The van der Waals surface area contributed by atoms with Gasteiger partial charge < -0.3 is 5.32 Å². The van der Waals surface area contributed by atoms with Gasteiger partial charge in [-0.05, 0) is 13.8 Å². The fraction of sp³-hybridized carbons (Fsp3) is 0.500. The molecule has 0 spiro atoms. The number of aromatic nitrogens is 2. The molecule has 0 saturated heterocycles. The summed E-state index contributed by atoms with van der Waals surface area (Å²) in [5.74, 6) is -0.0609. The second-order valence-corrected chi connectivity index (χ2v) is 2.85. The van der Waals surface area contributed by atoms with Crippen molar-refractivity contribution in [3.8, 4) is 0 Å². The van der Waals surface area contributed by atoms with Crippen LogP contribution in [0.1, 0.15) is 18.3 Å². The molecule has 1 amide bonds. The Balaban J connectivity index is 3.05. The highest BCUT2D eigenvalue weighted by atomic mass is 16.1. The molecule has 0 aliphatic heterocycles. The van der Waals surface area contributed by atoms with Crippen molar-refractivity contribution in [1.29, 1.82) is 0 Å². The molecule has 0 aliphatic rings. The van der Waals surface area contributed by atoms with E-state index >= 15 is 0 Å². The Kier molecular flexibility index (Phi) is 2.17. The zero-order valence-corrected chi connectivity index (χ0v) is 7.80. The maximum absolute atomic E-state index is 10.8. The van der Waals surface area contributed by atoms with Gasteiger partial charge in [-0.3, -0.25) is 9.48 Å². The molecular weight excluding hydrogens is 154 g/mol. The molecular formula is C8H13N3O. The van der Waals surface area contributed by atoms with Crippen LogP contribution in [0, 0.1) is 13.8 Å². The Hall–Kier alpha value is -1.32. The van der Waals surface area contributed by atoms with E-state index in [9.17, 15) is 4.79 Å². The van der Waals surface area contributed by atoms with Crippen LogP contribution >= 0.6 is 0 Å². The topological polar surface area (TPSA) is 46.9 Å². The minimum absolute atomic E-state index is 0.0609. The molecule has 0 atom stereocenters. The first-order valence-electron chi connectivity index (χ1n) is 3.80.